The fourth-order valence-electron chi connectivity index (χ4n) is 1.84. The Balaban J connectivity index is 2.32. The van der Waals surface area contributed by atoms with E-state index in [0.717, 1.165) is 26.3 Å². The van der Waals surface area contributed by atoms with Crippen molar-refractivity contribution in [2.24, 2.45) is 0 Å². The molecule has 5 nitrogen and oxygen atoms in total. The maximum Gasteiger partial charge on any atom is 0.412 e. The molecular formula is C16H16BrNO4S. The Kier molecular flexibility index (Phi) is 5.11. The third-order valence-corrected chi connectivity index (χ3v) is 4.34. The first-order valence-electron chi connectivity index (χ1n) is 6.79. The van der Waals surface area contributed by atoms with E-state index >= 15 is 0 Å². The molecule has 0 atom stereocenters. The highest BCUT2D eigenvalue weighted by atomic mass is 79.9. The monoisotopic (exact) mass is 397 g/mol. The van der Waals surface area contributed by atoms with Crippen molar-refractivity contribution < 1.29 is 19.4 Å². The molecule has 122 valence electrons. The Hall–Kier alpha value is -1.86. The smallest absolute Gasteiger partial charge is 0.412 e. The zero-order valence-electron chi connectivity index (χ0n) is 12.8. The molecule has 2 rings (SSSR count). The minimum Gasteiger partial charge on any atom is -0.477 e. The van der Waals surface area contributed by atoms with Crippen LogP contribution in [0.2, 0.25) is 0 Å². The number of carboxylic acid groups (broad SMARTS) is 1. The zero-order chi connectivity index (χ0) is 17.2. The van der Waals surface area contributed by atoms with Gasteiger partial charge >= 0.3 is 12.1 Å². The zero-order valence-corrected chi connectivity index (χ0v) is 15.2. The maximum atomic E-state index is 11.9. The number of nitrogens with one attached hydrogen (secondary N) is 1. The summed E-state index contributed by atoms with van der Waals surface area (Å²) in [4.78, 5) is 24.1. The highest BCUT2D eigenvalue weighted by Gasteiger charge is 2.21. The first-order valence-corrected chi connectivity index (χ1v) is 8.40. The van der Waals surface area contributed by atoms with Crippen LogP contribution in [-0.4, -0.2) is 22.8 Å². The third kappa shape index (κ3) is 4.80. The first-order chi connectivity index (χ1) is 10.7. The number of benzene rings is 1. The van der Waals surface area contributed by atoms with Gasteiger partial charge in [0, 0.05) is 9.35 Å². The molecule has 2 aromatic rings. The van der Waals surface area contributed by atoms with Crippen LogP contribution in [0.5, 0.6) is 0 Å². The number of carbonyl (C=O) groups is 2. The number of aromatic carboxylic acids is 1. The van der Waals surface area contributed by atoms with Crippen molar-refractivity contribution in [3.05, 3.63) is 39.7 Å². The summed E-state index contributed by atoms with van der Waals surface area (Å²) in [6, 6.07) is 9.14. The summed E-state index contributed by atoms with van der Waals surface area (Å²) in [6.07, 6.45) is -0.682. The molecular weight excluding hydrogens is 382 g/mol. The van der Waals surface area contributed by atoms with Crippen molar-refractivity contribution in [2.45, 2.75) is 26.4 Å². The standard InChI is InChI=1S/C16H16BrNO4S/c1-16(2,3)22-15(21)18-11-8-12(23-13(11)14(19)20)9-5-4-6-10(17)7-9/h4-8H,1-3H3,(H,18,21)(H,19,20). The normalized spacial score (nSPS) is 11.1. The number of anilines is 1. The van der Waals surface area contributed by atoms with Gasteiger partial charge in [0.05, 0.1) is 5.69 Å². The minimum atomic E-state index is -1.10. The second kappa shape index (κ2) is 6.72. The van der Waals surface area contributed by atoms with Crippen molar-refractivity contribution in [2.75, 3.05) is 5.32 Å². The fourth-order valence-corrected chi connectivity index (χ4v) is 3.19. The molecule has 1 aromatic heterocycles. The lowest BCUT2D eigenvalue weighted by molar-refractivity contribution is 0.0636. The number of halogens is 1. The van der Waals surface area contributed by atoms with Gasteiger partial charge in [-0.05, 0) is 44.5 Å². The number of amides is 1. The topological polar surface area (TPSA) is 75.6 Å². The summed E-state index contributed by atoms with van der Waals surface area (Å²) in [6.45, 7) is 5.22. The molecule has 23 heavy (non-hydrogen) atoms. The van der Waals surface area contributed by atoms with E-state index in [2.05, 4.69) is 21.2 Å². The number of rotatable bonds is 3. The summed E-state index contributed by atoms with van der Waals surface area (Å²) in [7, 11) is 0. The van der Waals surface area contributed by atoms with Crippen LogP contribution in [0.4, 0.5) is 10.5 Å². The lowest BCUT2D eigenvalue weighted by atomic mass is 10.2. The average molecular weight is 398 g/mol. The van der Waals surface area contributed by atoms with Gasteiger partial charge < -0.3 is 9.84 Å². The molecule has 0 aliphatic rings. The van der Waals surface area contributed by atoms with Crippen LogP contribution in [0.25, 0.3) is 10.4 Å². The van der Waals surface area contributed by atoms with E-state index in [-0.39, 0.29) is 10.6 Å². The van der Waals surface area contributed by atoms with E-state index in [9.17, 15) is 14.7 Å². The van der Waals surface area contributed by atoms with Gasteiger partial charge in [0.2, 0.25) is 0 Å². The Labute approximate surface area is 146 Å². The lowest BCUT2D eigenvalue weighted by Gasteiger charge is -2.19. The van der Waals surface area contributed by atoms with Gasteiger partial charge in [0.1, 0.15) is 10.5 Å². The summed E-state index contributed by atoms with van der Waals surface area (Å²) >= 11 is 4.48. The van der Waals surface area contributed by atoms with Gasteiger partial charge in [-0.2, -0.15) is 0 Å². The van der Waals surface area contributed by atoms with Crippen molar-refractivity contribution in [1.82, 2.24) is 0 Å². The summed E-state index contributed by atoms with van der Waals surface area (Å²) in [5.74, 6) is -1.10. The van der Waals surface area contributed by atoms with Gasteiger partial charge in [0.15, 0.2) is 0 Å². The molecule has 0 spiro atoms. The van der Waals surface area contributed by atoms with Crippen LogP contribution in [0, 0.1) is 0 Å². The van der Waals surface area contributed by atoms with Crippen LogP contribution in [0.3, 0.4) is 0 Å². The van der Waals surface area contributed by atoms with E-state index < -0.39 is 17.7 Å². The molecule has 0 saturated carbocycles. The number of ether oxygens (including phenoxy) is 1. The second-order valence-corrected chi connectivity index (χ2v) is 7.76. The molecule has 0 aliphatic carbocycles. The van der Waals surface area contributed by atoms with Crippen molar-refractivity contribution >= 4 is 45.0 Å². The number of hydrogen-bond acceptors (Lipinski definition) is 4. The summed E-state index contributed by atoms with van der Waals surface area (Å²) in [5.41, 5.74) is 0.437. The van der Waals surface area contributed by atoms with E-state index in [1.807, 2.05) is 24.3 Å². The van der Waals surface area contributed by atoms with Gasteiger partial charge in [0.25, 0.3) is 0 Å². The van der Waals surface area contributed by atoms with Gasteiger partial charge in [-0.1, -0.05) is 28.1 Å². The largest absolute Gasteiger partial charge is 0.477 e. The maximum absolute atomic E-state index is 11.9. The number of carboxylic acids is 1. The molecule has 0 bridgehead atoms. The van der Waals surface area contributed by atoms with Crippen molar-refractivity contribution in [3.63, 3.8) is 0 Å². The van der Waals surface area contributed by atoms with Crippen LogP contribution in [0.1, 0.15) is 30.4 Å². The van der Waals surface area contributed by atoms with Gasteiger partial charge in [-0.25, -0.2) is 9.59 Å². The number of carbonyl (C=O) groups excluding carboxylic acids is 1. The van der Waals surface area contributed by atoms with Crippen molar-refractivity contribution in [3.8, 4) is 10.4 Å². The van der Waals surface area contributed by atoms with E-state index in [0.29, 0.717) is 0 Å². The van der Waals surface area contributed by atoms with E-state index in [4.69, 9.17) is 4.74 Å². The number of thiophene rings is 1. The Morgan fingerprint density at radius 2 is 1.96 bits per heavy atom. The first kappa shape index (κ1) is 17.5. The molecule has 0 aliphatic heterocycles. The Morgan fingerprint density at radius 3 is 2.52 bits per heavy atom. The van der Waals surface area contributed by atoms with Crippen LogP contribution in [0.15, 0.2) is 34.8 Å². The molecule has 0 unspecified atom stereocenters. The van der Waals surface area contributed by atoms with Gasteiger partial charge in [-0.15, -0.1) is 11.3 Å². The highest BCUT2D eigenvalue weighted by Crippen LogP contribution is 2.36. The summed E-state index contributed by atoms with van der Waals surface area (Å²) < 4.78 is 6.06. The minimum absolute atomic E-state index is 0.0610. The van der Waals surface area contributed by atoms with Crippen LogP contribution < -0.4 is 5.32 Å². The van der Waals surface area contributed by atoms with Crippen molar-refractivity contribution in [1.29, 1.82) is 0 Å². The SMILES string of the molecule is CC(C)(C)OC(=O)Nc1cc(-c2cccc(Br)c2)sc1C(=O)O. The molecule has 0 fully saturated rings. The average Bonchev–Trinajstić information content (AvgIpc) is 2.80. The number of hydrogen-bond donors (Lipinski definition) is 2. The quantitative estimate of drug-likeness (QED) is 0.743. The van der Waals surface area contributed by atoms with E-state index in [1.165, 1.54) is 0 Å². The van der Waals surface area contributed by atoms with Crippen LogP contribution in [-0.2, 0) is 4.74 Å². The molecule has 0 saturated heterocycles. The predicted molar refractivity (Wildman–Crippen MR) is 94.3 cm³/mol. The Bertz CT molecular complexity index is 749. The fraction of sp³-hybridized carbons (Fsp3) is 0.250. The lowest BCUT2D eigenvalue weighted by Crippen LogP contribution is -2.27. The predicted octanol–water partition coefficient (Wildman–Crippen LogP) is 5.22. The molecule has 7 heteroatoms. The molecule has 1 amide bonds. The van der Waals surface area contributed by atoms with Crippen LogP contribution >= 0.6 is 27.3 Å². The molecule has 1 heterocycles. The highest BCUT2D eigenvalue weighted by molar-refractivity contribution is 9.10. The molecule has 2 N–H and O–H groups in total. The summed E-state index contributed by atoms with van der Waals surface area (Å²) in [5, 5.41) is 11.8. The molecule has 0 radical (unpaired) electrons. The second-order valence-electron chi connectivity index (χ2n) is 5.80. The Morgan fingerprint density at radius 1 is 1.26 bits per heavy atom. The van der Waals surface area contributed by atoms with Gasteiger partial charge in [-0.3, -0.25) is 5.32 Å². The molecule has 1 aromatic carbocycles. The van der Waals surface area contributed by atoms with E-state index in [1.54, 1.807) is 26.8 Å². The third-order valence-electron chi connectivity index (χ3n) is 2.67.